The molecule has 0 heterocycles. The summed E-state index contributed by atoms with van der Waals surface area (Å²) in [4.78, 5) is 0. The van der Waals surface area contributed by atoms with E-state index in [2.05, 4.69) is 26.1 Å². The number of halogens is 3. The fourth-order valence-corrected chi connectivity index (χ4v) is 4.58. The number of nitrogens with one attached hydrogen (secondary N) is 1. The molecule has 21 heavy (non-hydrogen) atoms. The summed E-state index contributed by atoms with van der Waals surface area (Å²) in [6.07, 6.45) is -0.567. The first-order valence-corrected chi connectivity index (χ1v) is 7.57. The van der Waals surface area contributed by atoms with Crippen molar-refractivity contribution < 1.29 is 13.2 Å². The molecule has 116 valence electrons. The minimum absolute atomic E-state index is 0.190. The van der Waals surface area contributed by atoms with Gasteiger partial charge in [0.25, 0.3) is 0 Å². The summed E-state index contributed by atoms with van der Waals surface area (Å²) in [5.41, 5.74) is 0.647. The van der Waals surface area contributed by atoms with Gasteiger partial charge >= 0.3 is 6.18 Å². The average Bonchev–Trinajstić information content (AvgIpc) is 2.85. The van der Waals surface area contributed by atoms with Gasteiger partial charge in [0, 0.05) is 11.7 Å². The van der Waals surface area contributed by atoms with E-state index in [1.54, 1.807) is 12.1 Å². The normalized spacial score (nSPS) is 34.2. The number of hydrogen-bond donors (Lipinski definition) is 1. The van der Waals surface area contributed by atoms with Crippen molar-refractivity contribution in [2.45, 2.75) is 52.3 Å². The number of benzene rings is 1. The standard InChI is InChI=1S/C17H22F3N/c1-15(2)12-8-9-16(3,10-12)14(15)21-13-6-4-11(5-7-13)17(18,19)20/h4-7,12,14,21H,8-10H2,1-3H3/t12-,14?,16+/m0/s1. The van der Waals surface area contributed by atoms with E-state index in [1.807, 2.05) is 0 Å². The number of anilines is 1. The summed E-state index contributed by atoms with van der Waals surface area (Å²) in [6.45, 7) is 6.87. The summed E-state index contributed by atoms with van der Waals surface area (Å²) in [7, 11) is 0. The first-order chi connectivity index (χ1) is 9.63. The zero-order valence-electron chi connectivity index (χ0n) is 12.7. The summed E-state index contributed by atoms with van der Waals surface area (Å²) >= 11 is 0. The summed E-state index contributed by atoms with van der Waals surface area (Å²) < 4.78 is 37.8. The number of rotatable bonds is 2. The van der Waals surface area contributed by atoms with Gasteiger partial charge in [-0.25, -0.2) is 0 Å². The second-order valence-electron chi connectivity index (χ2n) is 7.57. The van der Waals surface area contributed by atoms with Crippen LogP contribution in [0.25, 0.3) is 0 Å². The molecular weight excluding hydrogens is 275 g/mol. The van der Waals surface area contributed by atoms with Gasteiger partial charge in [0.05, 0.1) is 5.56 Å². The molecular formula is C17H22F3N. The highest BCUT2D eigenvalue weighted by molar-refractivity contribution is 5.47. The highest BCUT2D eigenvalue weighted by Gasteiger charge is 2.59. The molecule has 0 aromatic heterocycles. The molecule has 2 bridgehead atoms. The lowest BCUT2D eigenvalue weighted by Gasteiger charge is -2.43. The van der Waals surface area contributed by atoms with Gasteiger partial charge in [0.2, 0.25) is 0 Å². The fraction of sp³-hybridized carbons (Fsp3) is 0.647. The lowest BCUT2D eigenvalue weighted by atomic mass is 9.68. The van der Waals surface area contributed by atoms with Crippen LogP contribution in [0.1, 0.15) is 45.6 Å². The van der Waals surface area contributed by atoms with Crippen molar-refractivity contribution in [3.05, 3.63) is 29.8 Å². The quantitative estimate of drug-likeness (QED) is 0.777. The van der Waals surface area contributed by atoms with Crippen LogP contribution < -0.4 is 5.32 Å². The van der Waals surface area contributed by atoms with E-state index in [1.165, 1.54) is 19.3 Å². The molecule has 2 fully saturated rings. The van der Waals surface area contributed by atoms with E-state index in [4.69, 9.17) is 0 Å². The SMILES string of the molecule is CC1(C)C(Nc2ccc(C(F)(F)F)cc2)[C@]2(C)CC[C@H]1C2. The Morgan fingerprint density at radius 2 is 1.71 bits per heavy atom. The third-order valence-corrected chi connectivity index (χ3v) is 5.79. The maximum Gasteiger partial charge on any atom is 0.416 e. The molecule has 1 aromatic carbocycles. The molecule has 3 atom stereocenters. The Balaban J connectivity index is 1.81. The number of fused-ring (bicyclic) bond motifs is 2. The monoisotopic (exact) mass is 297 g/mol. The van der Waals surface area contributed by atoms with Crippen molar-refractivity contribution in [2.75, 3.05) is 5.32 Å². The fourth-order valence-electron chi connectivity index (χ4n) is 4.58. The van der Waals surface area contributed by atoms with Crippen LogP contribution in [0.15, 0.2) is 24.3 Å². The smallest absolute Gasteiger partial charge is 0.381 e. The minimum Gasteiger partial charge on any atom is -0.381 e. The number of alkyl halides is 3. The van der Waals surface area contributed by atoms with Gasteiger partial charge in [-0.3, -0.25) is 0 Å². The van der Waals surface area contributed by atoms with E-state index in [-0.39, 0.29) is 10.8 Å². The second kappa shape index (κ2) is 4.40. The Hall–Kier alpha value is -1.19. The minimum atomic E-state index is -4.27. The predicted molar refractivity (Wildman–Crippen MR) is 78.1 cm³/mol. The molecule has 1 N–H and O–H groups in total. The zero-order valence-corrected chi connectivity index (χ0v) is 12.7. The average molecular weight is 297 g/mol. The van der Waals surface area contributed by atoms with Crippen LogP contribution in [0.5, 0.6) is 0 Å². The van der Waals surface area contributed by atoms with Gasteiger partial charge < -0.3 is 5.32 Å². The van der Waals surface area contributed by atoms with Gasteiger partial charge in [-0.2, -0.15) is 13.2 Å². The van der Waals surface area contributed by atoms with Crippen molar-refractivity contribution >= 4 is 5.69 Å². The first kappa shape index (κ1) is 14.7. The Labute approximate surface area is 123 Å². The molecule has 4 heteroatoms. The van der Waals surface area contributed by atoms with E-state index in [0.29, 0.717) is 6.04 Å². The highest BCUT2D eigenvalue weighted by atomic mass is 19.4. The van der Waals surface area contributed by atoms with E-state index in [9.17, 15) is 13.2 Å². The third-order valence-electron chi connectivity index (χ3n) is 5.79. The van der Waals surface area contributed by atoms with Gasteiger partial charge in [0.1, 0.15) is 0 Å². The zero-order chi connectivity index (χ0) is 15.5. The molecule has 2 aliphatic carbocycles. The molecule has 2 aliphatic rings. The molecule has 1 nitrogen and oxygen atoms in total. The Morgan fingerprint density at radius 3 is 2.19 bits per heavy atom. The Bertz CT molecular complexity index is 527. The van der Waals surface area contributed by atoms with Gasteiger partial charge in [-0.1, -0.05) is 20.8 Å². The molecule has 1 aromatic rings. The van der Waals surface area contributed by atoms with Crippen LogP contribution in [-0.4, -0.2) is 6.04 Å². The summed E-state index contributed by atoms with van der Waals surface area (Å²) in [6, 6.07) is 5.73. The maximum atomic E-state index is 12.6. The number of hydrogen-bond acceptors (Lipinski definition) is 1. The van der Waals surface area contributed by atoms with Crippen LogP contribution >= 0.6 is 0 Å². The van der Waals surface area contributed by atoms with Crippen molar-refractivity contribution in [3.8, 4) is 0 Å². The first-order valence-electron chi connectivity index (χ1n) is 7.57. The van der Waals surface area contributed by atoms with Crippen molar-refractivity contribution in [3.63, 3.8) is 0 Å². The molecule has 1 unspecified atom stereocenters. The lowest BCUT2D eigenvalue weighted by molar-refractivity contribution is -0.137. The molecule has 0 aliphatic heterocycles. The van der Waals surface area contributed by atoms with E-state index >= 15 is 0 Å². The molecule has 0 saturated heterocycles. The summed E-state index contributed by atoms with van der Waals surface area (Å²) in [5, 5.41) is 3.51. The van der Waals surface area contributed by atoms with Gasteiger partial charge in [-0.15, -0.1) is 0 Å². The van der Waals surface area contributed by atoms with Crippen molar-refractivity contribution in [1.82, 2.24) is 0 Å². The topological polar surface area (TPSA) is 12.0 Å². The molecule has 0 radical (unpaired) electrons. The van der Waals surface area contributed by atoms with Crippen molar-refractivity contribution in [1.29, 1.82) is 0 Å². The summed E-state index contributed by atoms with van der Waals surface area (Å²) in [5.74, 6) is 0.717. The molecule has 2 saturated carbocycles. The molecule has 3 rings (SSSR count). The molecule has 0 spiro atoms. The van der Waals surface area contributed by atoms with E-state index < -0.39 is 11.7 Å². The maximum absolute atomic E-state index is 12.6. The van der Waals surface area contributed by atoms with Crippen LogP contribution in [-0.2, 0) is 6.18 Å². The Morgan fingerprint density at radius 1 is 1.10 bits per heavy atom. The molecule has 0 amide bonds. The van der Waals surface area contributed by atoms with Crippen LogP contribution in [0.4, 0.5) is 18.9 Å². The van der Waals surface area contributed by atoms with Crippen LogP contribution in [0.3, 0.4) is 0 Å². The van der Waals surface area contributed by atoms with E-state index in [0.717, 1.165) is 23.7 Å². The van der Waals surface area contributed by atoms with Crippen molar-refractivity contribution in [2.24, 2.45) is 16.7 Å². The van der Waals surface area contributed by atoms with Crippen LogP contribution in [0.2, 0.25) is 0 Å². The second-order valence-corrected chi connectivity index (χ2v) is 7.57. The Kier molecular flexibility index (Phi) is 3.09. The predicted octanol–water partition coefficient (Wildman–Crippen LogP) is 5.33. The highest BCUT2D eigenvalue weighted by Crippen LogP contribution is 2.63. The van der Waals surface area contributed by atoms with Gasteiger partial charge in [0.15, 0.2) is 0 Å². The lowest BCUT2D eigenvalue weighted by Crippen LogP contribution is -2.45. The largest absolute Gasteiger partial charge is 0.416 e. The van der Waals surface area contributed by atoms with Gasteiger partial charge in [-0.05, 0) is 60.3 Å². The van der Waals surface area contributed by atoms with Crippen LogP contribution in [0, 0.1) is 16.7 Å². The third kappa shape index (κ3) is 2.33.